The van der Waals surface area contributed by atoms with Crippen molar-refractivity contribution in [3.8, 4) is 11.5 Å². The third-order valence-corrected chi connectivity index (χ3v) is 3.59. The Balaban J connectivity index is 1.43. The summed E-state index contributed by atoms with van der Waals surface area (Å²) < 4.78 is 11.2. The molecule has 0 fully saturated rings. The van der Waals surface area contributed by atoms with Crippen molar-refractivity contribution in [2.24, 2.45) is 0 Å². The fourth-order valence-corrected chi connectivity index (χ4v) is 2.41. The van der Waals surface area contributed by atoms with Gasteiger partial charge in [0.25, 0.3) is 5.91 Å². The summed E-state index contributed by atoms with van der Waals surface area (Å²) in [4.78, 5) is 12.1. The number of amides is 1. The molecule has 22 heavy (non-hydrogen) atoms. The Labute approximate surface area is 130 Å². The molecule has 1 unspecified atom stereocenters. The van der Waals surface area contributed by atoms with Gasteiger partial charge >= 0.3 is 0 Å². The minimum absolute atomic E-state index is 0.123. The molecule has 2 aromatic carbocycles. The van der Waals surface area contributed by atoms with Gasteiger partial charge in [-0.25, -0.2) is 0 Å². The number of carbonyl (C=O) groups excluding carboxylic acids is 1. The van der Waals surface area contributed by atoms with Crippen LogP contribution in [0.2, 0.25) is 0 Å². The van der Waals surface area contributed by atoms with Gasteiger partial charge in [0, 0.05) is 6.54 Å². The quantitative estimate of drug-likeness (QED) is 0.863. The van der Waals surface area contributed by atoms with Gasteiger partial charge in [0.1, 0.15) is 6.61 Å². The number of rotatable bonds is 5. The van der Waals surface area contributed by atoms with Gasteiger partial charge < -0.3 is 14.8 Å². The molecule has 0 spiro atoms. The zero-order valence-corrected chi connectivity index (χ0v) is 12.3. The molecule has 4 heteroatoms. The van der Waals surface area contributed by atoms with Crippen molar-refractivity contribution >= 4 is 5.91 Å². The number of nitrogens with one attached hydrogen (secondary N) is 1. The third kappa shape index (κ3) is 3.58. The van der Waals surface area contributed by atoms with E-state index >= 15 is 0 Å². The van der Waals surface area contributed by atoms with E-state index in [1.165, 1.54) is 5.56 Å². The van der Waals surface area contributed by atoms with E-state index in [0.717, 1.165) is 12.8 Å². The van der Waals surface area contributed by atoms with E-state index in [2.05, 4.69) is 17.4 Å². The third-order valence-electron chi connectivity index (χ3n) is 3.59. The van der Waals surface area contributed by atoms with Gasteiger partial charge in [-0.3, -0.25) is 4.79 Å². The average molecular weight is 297 g/mol. The Hall–Kier alpha value is -2.49. The largest absolute Gasteiger partial charge is 0.485 e. The van der Waals surface area contributed by atoms with Gasteiger partial charge in [0.05, 0.1) is 0 Å². The SMILES string of the molecule is O=C(NCCCc1ccccc1)C1COc2ccccc2O1. The van der Waals surface area contributed by atoms with Crippen LogP contribution in [0.25, 0.3) is 0 Å². The molecule has 0 radical (unpaired) electrons. The van der Waals surface area contributed by atoms with E-state index < -0.39 is 6.10 Å². The van der Waals surface area contributed by atoms with Crippen LogP contribution in [-0.4, -0.2) is 25.2 Å². The summed E-state index contributed by atoms with van der Waals surface area (Å²) >= 11 is 0. The predicted molar refractivity (Wildman–Crippen MR) is 84.1 cm³/mol. The first-order valence-electron chi connectivity index (χ1n) is 7.53. The molecule has 1 aliphatic heterocycles. The fraction of sp³-hybridized carbons (Fsp3) is 0.278. The van der Waals surface area contributed by atoms with Crippen molar-refractivity contribution in [2.75, 3.05) is 13.2 Å². The molecule has 0 aliphatic carbocycles. The number of aryl methyl sites for hydroxylation is 1. The van der Waals surface area contributed by atoms with Crippen LogP contribution in [0.1, 0.15) is 12.0 Å². The van der Waals surface area contributed by atoms with Crippen LogP contribution < -0.4 is 14.8 Å². The smallest absolute Gasteiger partial charge is 0.264 e. The van der Waals surface area contributed by atoms with E-state index in [4.69, 9.17) is 9.47 Å². The van der Waals surface area contributed by atoms with Crippen molar-refractivity contribution < 1.29 is 14.3 Å². The van der Waals surface area contributed by atoms with E-state index in [0.29, 0.717) is 18.0 Å². The number of fused-ring (bicyclic) bond motifs is 1. The summed E-state index contributed by atoms with van der Waals surface area (Å²) in [5.41, 5.74) is 1.28. The van der Waals surface area contributed by atoms with Gasteiger partial charge in [-0.2, -0.15) is 0 Å². The first-order valence-corrected chi connectivity index (χ1v) is 7.53. The predicted octanol–water partition coefficient (Wildman–Crippen LogP) is 2.58. The van der Waals surface area contributed by atoms with Gasteiger partial charge in [0.2, 0.25) is 6.10 Å². The lowest BCUT2D eigenvalue weighted by molar-refractivity contribution is -0.130. The summed E-state index contributed by atoms with van der Waals surface area (Å²) in [5, 5.41) is 2.91. The summed E-state index contributed by atoms with van der Waals surface area (Å²) in [6.07, 6.45) is 1.28. The first-order chi connectivity index (χ1) is 10.8. The zero-order chi connectivity index (χ0) is 15.2. The molecular formula is C18H19NO3. The second-order valence-corrected chi connectivity index (χ2v) is 5.24. The Bertz CT molecular complexity index is 627. The molecule has 0 saturated carbocycles. The number of hydrogen-bond donors (Lipinski definition) is 1. The van der Waals surface area contributed by atoms with E-state index in [1.54, 1.807) is 0 Å². The number of hydrogen-bond acceptors (Lipinski definition) is 3. The van der Waals surface area contributed by atoms with Gasteiger partial charge in [0.15, 0.2) is 11.5 Å². The zero-order valence-electron chi connectivity index (χ0n) is 12.3. The molecule has 0 bridgehead atoms. The average Bonchev–Trinajstić information content (AvgIpc) is 2.59. The Morgan fingerprint density at radius 3 is 2.59 bits per heavy atom. The van der Waals surface area contributed by atoms with Crippen molar-refractivity contribution in [2.45, 2.75) is 18.9 Å². The number of benzene rings is 2. The molecule has 1 N–H and O–H groups in total. The molecule has 1 aliphatic rings. The van der Waals surface area contributed by atoms with Crippen molar-refractivity contribution in [1.29, 1.82) is 0 Å². The molecule has 114 valence electrons. The number of para-hydroxylation sites is 2. The highest BCUT2D eigenvalue weighted by molar-refractivity contribution is 5.81. The molecule has 1 atom stereocenters. The highest BCUT2D eigenvalue weighted by Crippen LogP contribution is 2.30. The molecule has 0 aromatic heterocycles. The van der Waals surface area contributed by atoms with Crippen molar-refractivity contribution in [3.63, 3.8) is 0 Å². The molecule has 2 aromatic rings. The maximum absolute atomic E-state index is 12.1. The first kappa shape index (κ1) is 14.4. The standard InChI is InChI=1S/C18H19NO3/c20-18(19-12-6-9-14-7-2-1-3-8-14)17-13-21-15-10-4-5-11-16(15)22-17/h1-5,7-8,10-11,17H,6,9,12-13H2,(H,19,20). The highest BCUT2D eigenvalue weighted by Gasteiger charge is 2.26. The van der Waals surface area contributed by atoms with Crippen LogP contribution >= 0.6 is 0 Å². The summed E-state index contributed by atoms with van der Waals surface area (Å²) in [6.45, 7) is 0.886. The molecule has 4 nitrogen and oxygen atoms in total. The summed E-state index contributed by atoms with van der Waals surface area (Å²) in [5.74, 6) is 1.19. The Kier molecular flexibility index (Phi) is 4.59. The highest BCUT2D eigenvalue weighted by atomic mass is 16.6. The minimum Gasteiger partial charge on any atom is -0.485 e. The number of ether oxygens (including phenoxy) is 2. The maximum Gasteiger partial charge on any atom is 0.264 e. The fourth-order valence-electron chi connectivity index (χ4n) is 2.41. The molecular weight excluding hydrogens is 278 g/mol. The monoisotopic (exact) mass is 297 g/mol. The van der Waals surface area contributed by atoms with Crippen LogP contribution in [0.3, 0.4) is 0 Å². The van der Waals surface area contributed by atoms with E-state index in [9.17, 15) is 4.79 Å². The van der Waals surface area contributed by atoms with Gasteiger partial charge in [-0.05, 0) is 30.5 Å². The van der Waals surface area contributed by atoms with Crippen LogP contribution in [0.4, 0.5) is 0 Å². The molecule has 1 amide bonds. The Morgan fingerprint density at radius 2 is 1.77 bits per heavy atom. The van der Waals surface area contributed by atoms with Gasteiger partial charge in [-0.15, -0.1) is 0 Å². The lowest BCUT2D eigenvalue weighted by Gasteiger charge is -2.25. The number of carbonyl (C=O) groups is 1. The lowest BCUT2D eigenvalue weighted by atomic mass is 10.1. The van der Waals surface area contributed by atoms with Crippen LogP contribution in [-0.2, 0) is 11.2 Å². The molecule has 1 heterocycles. The van der Waals surface area contributed by atoms with Gasteiger partial charge in [-0.1, -0.05) is 42.5 Å². The topological polar surface area (TPSA) is 47.6 Å². The van der Waals surface area contributed by atoms with Crippen molar-refractivity contribution in [3.05, 3.63) is 60.2 Å². The van der Waals surface area contributed by atoms with Crippen molar-refractivity contribution in [1.82, 2.24) is 5.32 Å². The van der Waals surface area contributed by atoms with Crippen LogP contribution in [0.5, 0.6) is 11.5 Å². The second-order valence-electron chi connectivity index (χ2n) is 5.24. The maximum atomic E-state index is 12.1. The summed E-state index contributed by atoms with van der Waals surface area (Å²) in [7, 11) is 0. The lowest BCUT2D eigenvalue weighted by Crippen LogP contribution is -2.44. The normalized spacial score (nSPS) is 16.1. The van der Waals surface area contributed by atoms with E-state index in [-0.39, 0.29) is 12.5 Å². The second kappa shape index (κ2) is 6.98. The van der Waals surface area contributed by atoms with Crippen LogP contribution in [0, 0.1) is 0 Å². The molecule has 0 saturated heterocycles. The van der Waals surface area contributed by atoms with Crippen LogP contribution in [0.15, 0.2) is 54.6 Å². The summed E-state index contributed by atoms with van der Waals surface area (Å²) in [6, 6.07) is 17.6. The minimum atomic E-state index is -0.577. The Morgan fingerprint density at radius 1 is 1.05 bits per heavy atom. The van der Waals surface area contributed by atoms with E-state index in [1.807, 2.05) is 42.5 Å². The molecule has 3 rings (SSSR count).